The van der Waals surface area contributed by atoms with E-state index in [1.54, 1.807) is 0 Å². The summed E-state index contributed by atoms with van der Waals surface area (Å²) in [5.41, 5.74) is 0. The standard InChI is InChI=1S/C12H20N2O/c1-9(2)11(8-13)12(15)14-10-6-4-3-5-7-10/h9-11H,3-7H2,1-2H3,(H,14,15). The Morgan fingerprint density at radius 3 is 2.40 bits per heavy atom. The largest absolute Gasteiger partial charge is 0.352 e. The van der Waals surface area contributed by atoms with E-state index in [2.05, 4.69) is 11.4 Å². The van der Waals surface area contributed by atoms with Crippen LogP contribution in [0.4, 0.5) is 0 Å². The number of nitrogens with one attached hydrogen (secondary N) is 1. The number of rotatable bonds is 3. The van der Waals surface area contributed by atoms with Crippen LogP contribution < -0.4 is 5.32 Å². The van der Waals surface area contributed by atoms with Crippen LogP contribution in [0.25, 0.3) is 0 Å². The third-order valence-electron chi connectivity index (χ3n) is 3.04. The summed E-state index contributed by atoms with van der Waals surface area (Å²) >= 11 is 0. The first-order valence-corrected chi connectivity index (χ1v) is 5.85. The van der Waals surface area contributed by atoms with E-state index in [9.17, 15) is 4.79 Å². The summed E-state index contributed by atoms with van der Waals surface area (Å²) in [6.07, 6.45) is 5.82. The van der Waals surface area contributed by atoms with Crippen molar-refractivity contribution in [1.82, 2.24) is 5.32 Å². The van der Waals surface area contributed by atoms with Gasteiger partial charge in [0.2, 0.25) is 5.91 Å². The van der Waals surface area contributed by atoms with Crippen molar-refractivity contribution in [1.29, 1.82) is 5.26 Å². The molecule has 1 amide bonds. The fourth-order valence-electron chi connectivity index (χ4n) is 2.05. The van der Waals surface area contributed by atoms with Gasteiger partial charge in [-0.15, -0.1) is 0 Å². The number of carbonyl (C=O) groups excluding carboxylic acids is 1. The molecule has 1 N–H and O–H groups in total. The first-order chi connectivity index (χ1) is 7.15. The van der Waals surface area contributed by atoms with Gasteiger partial charge in [-0.3, -0.25) is 4.79 Å². The lowest BCUT2D eigenvalue weighted by molar-refractivity contribution is -0.125. The molecule has 84 valence electrons. The van der Waals surface area contributed by atoms with Crippen LogP contribution in [-0.2, 0) is 4.79 Å². The van der Waals surface area contributed by atoms with E-state index in [0.717, 1.165) is 12.8 Å². The SMILES string of the molecule is CC(C)C(C#N)C(=O)NC1CCCCC1. The van der Waals surface area contributed by atoms with E-state index in [0.29, 0.717) is 6.04 Å². The molecule has 1 saturated carbocycles. The quantitative estimate of drug-likeness (QED) is 0.773. The van der Waals surface area contributed by atoms with Crippen LogP contribution in [0.3, 0.4) is 0 Å². The first kappa shape index (κ1) is 12.0. The highest BCUT2D eigenvalue weighted by molar-refractivity contribution is 5.81. The maximum atomic E-state index is 11.8. The summed E-state index contributed by atoms with van der Waals surface area (Å²) in [4.78, 5) is 11.8. The molecule has 3 heteroatoms. The van der Waals surface area contributed by atoms with Crippen molar-refractivity contribution in [3.63, 3.8) is 0 Å². The molecule has 1 fully saturated rings. The molecule has 15 heavy (non-hydrogen) atoms. The fraction of sp³-hybridized carbons (Fsp3) is 0.833. The lowest BCUT2D eigenvalue weighted by Gasteiger charge is -2.24. The third-order valence-corrected chi connectivity index (χ3v) is 3.04. The number of amides is 1. The van der Waals surface area contributed by atoms with Crippen LogP contribution in [0.2, 0.25) is 0 Å². The Morgan fingerprint density at radius 1 is 1.33 bits per heavy atom. The highest BCUT2D eigenvalue weighted by Crippen LogP contribution is 2.18. The summed E-state index contributed by atoms with van der Waals surface area (Å²) < 4.78 is 0. The van der Waals surface area contributed by atoms with E-state index in [-0.39, 0.29) is 11.8 Å². The van der Waals surface area contributed by atoms with Crippen molar-refractivity contribution in [2.45, 2.75) is 52.0 Å². The molecular formula is C12H20N2O. The molecule has 0 aromatic heterocycles. The Morgan fingerprint density at radius 2 is 1.93 bits per heavy atom. The van der Waals surface area contributed by atoms with Gasteiger partial charge in [-0.1, -0.05) is 33.1 Å². The molecule has 0 aliphatic heterocycles. The smallest absolute Gasteiger partial charge is 0.237 e. The topological polar surface area (TPSA) is 52.9 Å². The lowest BCUT2D eigenvalue weighted by atomic mass is 9.92. The average molecular weight is 208 g/mol. The van der Waals surface area contributed by atoms with Crippen molar-refractivity contribution in [2.24, 2.45) is 11.8 Å². The van der Waals surface area contributed by atoms with Crippen molar-refractivity contribution >= 4 is 5.91 Å². The Hall–Kier alpha value is -1.04. The number of hydrogen-bond donors (Lipinski definition) is 1. The third kappa shape index (κ3) is 3.54. The van der Waals surface area contributed by atoms with Crippen LogP contribution in [-0.4, -0.2) is 11.9 Å². The van der Waals surface area contributed by atoms with Crippen LogP contribution in [0.1, 0.15) is 46.0 Å². The normalized spacial score (nSPS) is 19.6. The Labute approximate surface area is 91.9 Å². The van der Waals surface area contributed by atoms with Crippen LogP contribution in [0.5, 0.6) is 0 Å². The second-order valence-corrected chi connectivity index (χ2v) is 4.69. The van der Waals surface area contributed by atoms with Gasteiger partial charge < -0.3 is 5.32 Å². The van der Waals surface area contributed by atoms with Crippen LogP contribution in [0, 0.1) is 23.2 Å². The number of carbonyl (C=O) groups is 1. The Bertz CT molecular complexity index is 249. The number of hydrogen-bond acceptors (Lipinski definition) is 2. The maximum Gasteiger partial charge on any atom is 0.237 e. The predicted molar refractivity (Wildman–Crippen MR) is 59.0 cm³/mol. The highest BCUT2D eigenvalue weighted by atomic mass is 16.1. The molecule has 0 radical (unpaired) electrons. The van der Waals surface area contributed by atoms with Gasteiger partial charge in [-0.05, 0) is 18.8 Å². The molecule has 1 rings (SSSR count). The minimum Gasteiger partial charge on any atom is -0.352 e. The number of nitriles is 1. The predicted octanol–water partition coefficient (Wildman–Crippen LogP) is 2.23. The molecule has 1 unspecified atom stereocenters. The zero-order valence-corrected chi connectivity index (χ0v) is 9.62. The minimum absolute atomic E-state index is 0.0839. The molecule has 0 aromatic carbocycles. The summed E-state index contributed by atoms with van der Waals surface area (Å²) in [5, 5.41) is 11.9. The average Bonchev–Trinajstić information content (AvgIpc) is 2.19. The Kier molecular flexibility index (Phi) is 4.61. The molecule has 0 aromatic rings. The van der Waals surface area contributed by atoms with Crippen LogP contribution >= 0.6 is 0 Å². The van der Waals surface area contributed by atoms with Gasteiger partial charge in [-0.25, -0.2) is 0 Å². The second-order valence-electron chi connectivity index (χ2n) is 4.69. The second kappa shape index (κ2) is 5.75. The van der Waals surface area contributed by atoms with Gasteiger partial charge >= 0.3 is 0 Å². The molecule has 0 saturated heterocycles. The van der Waals surface area contributed by atoms with Gasteiger partial charge in [0.15, 0.2) is 0 Å². The Balaban J connectivity index is 2.43. The summed E-state index contributed by atoms with van der Waals surface area (Å²) in [6.45, 7) is 3.82. The molecule has 0 spiro atoms. The first-order valence-electron chi connectivity index (χ1n) is 5.85. The molecule has 3 nitrogen and oxygen atoms in total. The zero-order valence-electron chi connectivity index (χ0n) is 9.62. The molecule has 0 heterocycles. The molecule has 0 bridgehead atoms. The summed E-state index contributed by atoms with van der Waals surface area (Å²) in [6, 6.07) is 2.39. The van der Waals surface area contributed by atoms with E-state index < -0.39 is 5.92 Å². The maximum absolute atomic E-state index is 11.8. The van der Waals surface area contributed by atoms with E-state index in [1.807, 2.05) is 13.8 Å². The highest BCUT2D eigenvalue weighted by Gasteiger charge is 2.24. The molecule has 1 aliphatic rings. The monoisotopic (exact) mass is 208 g/mol. The van der Waals surface area contributed by atoms with E-state index in [4.69, 9.17) is 5.26 Å². The number of nitrogens with zero attached hydrogens (tertiary/aromatic N) is 1. The molecule has 1 atom stereocenters. The molecular weight excluding hydrogens is 188 g/mol. The van der Waals surface area contributed by atoms with Gasteiger partial charge in [0.1, 0.15) is 5.92 Å². The van der Waals surface area contributed by atoms with E-state index in [1.165, 1.54) is 19.3 Å². The van der Waals surface area contributed by atoms with Gasteiger partial charge in [0.05, 0.1) is 6.07 Å². The zero-order chi connectivity index (χ0) is 11.3. The fourth-order valence-corrected chi connectivity index (χ4v) is 2.05. The van der Waals surface area contributed by atoms with Crippen molar-refractivity contribution < 1.29 is 4.79 Å². The lowest BCUT2D eigenvalue weighted by Crippen LogP contribution is -2.40. The summed E-state index contributed by atoms with van der Waals surface area (Å²) in [7, 11) is 0. The van der Waals surface area contributed by atoms with Crippen molar-refractivity contribution in [3.05, 3.63) is 0 Å². The van der Waals surface area contributed by atoms with Gasteiger partial charge in [0, 0.05) is 6.04 Å². The van der Waals surface area contributed by atoms with Gasteiger partial charge in [-0.2, -0.15) is 5.26 Å². The van der Waals surface area contributed by atoms with Crippen molar-refractivity contribution in [3.8, 4) is 6.07 Å². The van der Waals surface area contributed by atoms with Gasteiger partial charge in [0.25, 0.3) is 0 Å². The van der Waals surface area contributed by atoms with E-state index >= 15 is 0 Å². The van der Waals surface area contributed by atoms with Crippen molar-refractivity contribution in [2.75, 3.05) is 0 Å². The minimum atomic E-state index is -0.494. The molecule has 1 aliphatic carbocycles. The summed E-state index contributed by atoms with van der Waals surface area (Å²) in [5.74, 6) is -0.482. The van der Waals surface area contributed by atoms with Crippen LogP contribution in [0.15, 0.2) is 0 Å².